The van der Waals surface area contributed by atoms with Gasteiger partial charge in [0.25, 0.3) is 6.43 Å². The molecule has 15 heavy (non-hydrogen) atoms. The van der Waals surface area contributed by atoms with Crippen LogP contribution in [0.15, 0.2) is 22.7 Å². The number of nitrogens with two attached hydrogens (primary N) is 1. The molecule has 4 heteroatoms. The first-order chi connectivity index (χ1) is 7.15. The standard InChI is InChI=1S/C11H14BrF2N/c12-9-4-5-10(11(13)14)8(7-9)3-1-2-6-15/h4-5,7,11H,1-3,6,15H2. The molecule has 0 aliphatic heterocycles. The van der Waals surface area contributed by atoms with Crippen LogP contribution in [0, 0.1) is 0 Å². The fourth-order valence-corrected chi connectivity index (χ4v) is 1.87. The molecular weight excluding hydrogens is 264 g/mol. The van der Waals surface area contributed by atoms with Crippen LogP contribution >= 0.6 is 15.9 Å². The first-order valence-electron chi connectivity index (χ1n) is 4.91. The van der Waals surface area contributed by atoms with Crippen molar-refractivity contribution < 1.29 is 8.78 Å². The Bertz CT molecular complexity index is 315. The van der Waals surface area contributed by atoms with Crippen LogP contribution in [0.1, 0.15) is 30.4 Å². The molecule has 0 unspecified atom stereocenters. The normalized spacial score (nSPS) is 11.0. The van der Waals surface area contributed by atoms with Gasteiger partial charge in [-0.1, -0.05) is 22.0 Å². The van der Waals surface area contributed by atoms with E-state index >= 15 is 0 Å². The van der Waals surface area contributed by atoms with E-state index in [-0.39, 0.29) is 5.56 Å². The molecule has 0 aromatic heterocycles. The van der Waals surface area contributed by atoms with Gasteiger partial charge in [-0.05, 0) is 43.5 Å². The van der Waals surface area contributed by atoms with Gasteiger partial charge < -0.3 is 5.73 Å². The van der Waals surface area contributed by atoms with Crippen molar-refractivity contribution in [1.82, 2.24) is 0 Å². The van der Waals surface area contributed by atoms with Gasteiger partial charge in [-0.25, -0.2) is 8.78 Å². The Balaban J connectivity index is 2.77. The Kier molecular flexibility index (Phi) is 5.19. The molecule has 0 saturated heterocycles. The minimum absolute atomic E-state index is 0.134. The molecule has 0 amide bonds. The number of benzene rings is 1. The summed E-state index contributed by atoms with van der Waals surface area (Å²) in [6, 6.07) is 4.89. The summed E-state index contributed by atoms with van der Waals surface area (Å²) in [6.45, 7) is 0.609. The monoisotopic (exact) mass is 277 g/mol. The smallest absolute Gasteiger partial charge is 0.264 e. The average Bonchev–Trinajstić information content (AvgIpc) is 2.18. The van der Waals surface area contributed by atoms with Gasteiger partial charge in [0.2, 0.25) is 0 Å². The Labute approximate surface area is 96.8 Å². The van der Waals surface area contributed by atoms with Crippen molar-refractivity contribution >= 4 is 15.9 Å². The lowest BCUT2D eigenvalue weighted by molar-refractivity contribution is 0.150. The fourth-order valence-electron chi connectivity index (χ4n) is 1.46. The molecule has 84 valence electrons. The molecule has 1 aromatic rings. The van der Waals surface area contributed by atoms with E-state index in [1.54, 1.807) is 12.1 Å². The van der Waals surface area contributed by atoms with Crippen molar-refractivity contribution in [2.24, 2.45) is 5.73 Å². The van der Waals surface area contributed by atoms with Gasteiger partial charge in [-0.2, -0.15) is 0 Å². The number of hydrogen-bond donors (Lipinski definition) is 1. The van der Waals surface area contributed by atoms with Crippen LogP contribution in [0.25, 0.3) is 0 Å². The summed E-state index contributed by atoms with van der Waals surface area (Å²) in [5.41, 5.74) is 6.21. The second-order valence-corrected chi connectivity index (χ2v) is 4.31. The predicted octanol–water partition coefficient (Wildman–Crippen LogP) is 3.67. The van der Waals surface area contributed by atoms with Crippen LogP contribution in [0.2, 0.25) is 0 Å². The summed E-state index contributed by atoms with van der Waals surface area (Å²) < 4.78 is 26.1. The molecule has 2 N–H and O–H groups in total. The summed E-state index contributed by atoms with van der Waals surface area (Å²) in [4.78, 5) is 0. The third-order valence-corrected chi connectivity index (χ3v) is 2.73. The quantitative estimate of drug-likeness (QED) is 0.817. The maximum Gasteiger partial charge on any atom is 0.264 e. The summed E-state index contributed by atoms with van der Waals surface area (Å²) in [5.74, 6) is 0. The molecule has 0 radical (unpaired) electrons. The highest BCUT2D eigenvalue weighted by Crippen LogP contribution is 2.26. The van der Waals surface area contributed by atoms with Crippen molar-refractivity contribution in [3.05, 3.63) is 33.8 Å². The first kappa shape index (κ1) is 12.6. The largest absolute Gasteiger partial charge is 0.330 e. The molecule has 1 nitrogen and oxygen atoms in total. The highest BCUT2D eigenvalue weighted by Gasteiger charge is 2.12. The average molecular weight is 278 g/mol. The van der Waals surface area contributed by atoms with Crippen molar-refractivity contribution in [2.45, 2.75) is 25.7 Å². The molecule has 0 saturated carbocycles. The lowest BCUT2D eigenvalue weighted by Gasteiger charge is -2.09. The van der Waals surface area contributed by atoms with E-state index in [2.05, 4.69) is 15.9 Å². The number of hydrogen-bond acceptors (Lipinski definition) is 1. The van der Waals surface area contributed by atoms with Gasteiger partial charge in [-0.3, -0.25) is 0 Å². The zero-order chi connectivity index (χ0) is 11.3. The zero-order valence-electron chi connectivity index (χ0n) is 8.35. The van der Waals surface area contributed by atoms with Crippen LogP contribution in [0.4, 0.5) is 8.78 Å². The molecule has 0 fully saturated rings. The number of unbranched alkanes of at least 4 members (excludes halogenated alkanes) is 1. The second kappa shape index (κ2) is 6.18. The van der Waals surface area contributed by atoms with E-state index in [9.17, 15) is 8.78 Å². The minimum Gasteiger partial charge on any atom is -0.330 e. The van der Waals surface area contributed by atoms with E-state index in [0.717, 1.165) is 17.3 Å². The third-order valence-electron chi connectivity index (χ3n) is 2.24. The van der Waals surface area contributed by atoms with Gasteiger partial charge in [0.15, 0.2) is 0 Å². The van der Waals surface area contributed by atoms with Crippen molar-refractivity contribution in [2.75, 3.05) is 6.54 Å². The maximum absolute atomic E-state index is 12.6. The van der Waals surface area contributed by atoms with Gasteiger partial charge in [0, 0.05) is 10.0 Å². The molecule has 0 aliphatic carbocycles. The van der Waals surface area contributed by atoms with Gasteiger partial charge in [-0.15, -0.1) is 0 Å². The van der Waals surface area contributed by atoms with E-state index in [4.69, 9.17) is 5.73 Å². The van der Waals surface area contributed by atoms with Crippen molar-refractivity contribution in [3.8, 4) is 0 Å². The highest BCUT2D eigenvalue weighted by atomic mass is 79.9. The third kappa shape index (κ3) is 3.87. The first-order valence-corrected chi connectivity index (χ1v) is 5.71. The maximum atomic E-state index is 12.6. The van der Waals surface area contributed by atoms with Crippen LogP contribution in [-0.4, -0.2) is 6.54 Å². The zero-order valence-corrected chi connectivity index (χ0v) is 9.94. The molecular formula is C11H14BrF2N. The molecule has 0 heterocycles. The van der Waals surface area contributed by atoms with Crippen LogP contribution in [0.3, 0.4) is 0 Å². The Morgan fingerprint density at radius 3 is 2.60 bits per heavy atom. The van der Waals surface area contributed by atoms with Crippen molar-refractivity contribution in [3.63, 3.8) is 0 Å². The van der Waals surface area contributed by atoms with E-state index in [1.807, 2.05) is 0 Å². The summed E-state index contributed by atoms with van der Waals surface area (Å²) in [5, 5.41) is 0. The second-order valence-electron chi connectivity index (χ2n) is 3.39. The Morgan fingerprint density at radius 1 is 1.27 bits per heavy atom. The molecule has 0 bridgehead atoms. The fraction of sp³-hybridized carbons (Fsp3) is 0.455. The lowest BCUT2D eigenvalue weighted by Crippen LogP contribution is -2.01. The number of aryl methyl sites for hydroxylation is 1. The predicted molar refractivity (Wildman–Crippen MR) is 61.1 cm³/mol. The highest BCUT2D eigenvalue weighted by molar-refractivity contribution is 9.10. The molecule has 0 aliphatic rings. The van der Waals surface area contributed by atoms with Gasteiger partial charge in [0.05, 0.1) is 0 Å². The van der Waals surface area contributed by atoms with Gasteiger partial charge >= 0.3 is 0 Å². The van der Waals surface area contributed by atoms with E-state index in [0.29, 0.717) is 18.5 Å². The van der Waals surface area contributed by atoms with E-state index in [1.165, 1.54) is 6.07 Å². The van der Waals surface area contributed by atoms with Crippen LogP contribution < -0.4 is 5.73 Å². The van der Waals surface area contributed by atoms with Gasteiger partial charge in [0.1, 0.15) is 0 Å². The molecule has 0 atom stereocenters. The number of rotatable bonds is 5. The Hall–Kier alpha value is -0.480. The SMILES string of the molecule is NCCCCc1cc(Br)ccc1C(F)F. The number of halogens is 3. The summed E-state index contributed by atoms with van der Waals surface area (Å²) in [6.07, 6.45) is -0.0102. The number of alkyl halides is 2. The Morgan fingerprint density at radius 2 is 2.00 bits per heavy atom. The topological polar surface area (TPSA) is 26.0 Å². The van der Waals surface area contributed by atoms with Crippen LogP contribution in [-0.2, 0) is 6.42 Å². The van der Waals surface area contributed by atoms with E-state index < -0.39 is 6.43 Å². The summed E-state index contributed by atoms with van der Waals surface area (Å²) in [7, 11) is 0. The molecule has 1 rings (SSSR count). The minimum atomic E-state index is -2.40. The molecule has 1 aromatic carbocycles. The lowest BCUT2D eigenvalue weighted by atomic mass is 10.0. The molecule has 0 spiro atoms. The van der Waals surface area contributed by atoms with Crippen molar-refractivity contribution in [1.29, 1.82) is 0 Å². The summed E-state index contributed by atoms with van der Waals surface area (Å²) >= 11 is 3.28. The van der Waals surface area contributed by atoms with Crippen LogP contribution in [0.5, 0.6) is 0 Å².